The fraction of sp³-hybridized carbons (Fsp3) is 0.381. The van der Waals surface area contributed by atoms with E-state index < -0.39 is 12.2 Å². The molecule has 1 aliphatic rings. The number of likely N-dealkylation sites (tertiary alicyclic amines) is 1. The number of carbonyl (C=O) groups is 1. The summed E-state index contributed by atoms with van der Waals surface area (Å²) in [5.41, 5.74) is 0.993. The maximum atomic E-state index is 11.0. The van der Waals surface area contributed by atoms with Crippen molar-refractivity contribution in [1.82, 2.24) is 4.90 Å². The van der Waals surface area contributed by atoms with Gasteiger partial charge in [-0.05, 0) is 36.2 Å². The fourth-order valence-corrected chi connectivity index (χ4v) is 3.49. The van der Waals surface area contributed by atoms with Crippen LogP contribution >= 0.6 is 11.6 Å². The van der Waals surface area contributed by atoms with Crippen LogP contribution in [0.25, 0.3) is 0 Å². The number of piperidine rings is 1. The Kier molecular flexibility index (Phi) is 7.01. The van der Waals surface area contributed by atoms with Gasteiger partial charge < -0.3 is 24.6 Å². The van der Waals surface area contributed by atoms with Crippen molar-refractivity contribution in [3.63, 3.8) is 0 Å². The minimum absolute atomic E-state index is 0.0614. The number of aliphatic hydroxyl groups excluding tert-OH is 1. The molecule has 2 unspecified atom stereocenters. The van der Waals surface area contributed by atoms with E-state index in [4.69, 9.17) is 26.2 Å². The van der Waals surface area contributed by atoms with Gasteiger partial charge in [0.2, 0.25) is 0 Å². The fourth-order valence-electron chi connectivity index (χ4n) is 3.30. The first-order chi connectivity index (χ1) is 13.5. The lowest BCUT2D eigenvalue weighted by molar-refractivity contribution is 0.0504. The highest BCUT2D eigenvalue weighted by Crippen LogP contribution is 2.30. The summed E-state index contributed by atoms with van der Waals surface area (Å²) >= 11 is 6.04. The Labute approximate surface area is 169 Å². The molecule has 1 heterocycles. The van der Waals surface area contributed by atoms with Crippen LogP contribution in [0.4, 0.5) is 4.79 Å². The van der Waals surface area contributed by atoms with E-state index in [-0.39, 0.29) is 12.5 Å². The Morgan fingerprint density at radius 2 is 1.82 bits per heavy atom. The molecular formula is C21H24ClNO5. The van der Waals surface area contributed by atoms with E-state index in [1.165, 1.54) is 4.90 Å². The molecule has 2 atom stereocenters. The van der Waals surface area contributed by atoms with Crippen molar-refractivity contribution in [2.75, 3.05) is 26.3 Å². The number of para-hydroxylation sites is 1. The zero-order valence-electron chi connectivity index (χ0n) is 15.5. The van der Waals surface area contributed by atoms with Crippen molar-refractivity contribution in [2.45, 2.75) is 24.9 Å². The van der Waals surface area contributed by atoms with E-state index in [1.54, 1.807) is 6.07 Å². The quantitative estimate of drug-likeness (QED) is 0.680. The number of ether oxygens (including phenoxy) is 2. The number of hydrogen-bond acceptors (Lipinski definition) is 4. The number of carboxylic acid groups (broad SMARTS) is 1. The molecule has 0 saturated carbocycles. The van der Waals surface area contributed by atoms with Gasteiger partial charge >= 0.3 is 6.09 Å². The number of nitrogens with zero attached hydrogens (tertiary/aromatic N) is 1. The predicted octanol–water partition coefficient (Wildman–Crippen LogP) is 4.02. The molecular weight excluding hydrogens is 382 g/mol. The lowest BCUT2D eigenvalue weighted by atomic mass is 9.87. The largest absolute Gasteiger partial charge is 0.493 e. The molecule has 0 spiro atoms. The molecule has 0 aliphatic carbocycles. The van der Waals surface area contributed by atoms with Crippen molar-refractivity contribution < 1.29 is 24.5 Å². The summed E-state index contributed by atoms with van der Waals surface area (Å²) in [6.07, 6.45) is -0.356. The van der Waals surface area contributed by atoms with Crippen LogP contribution in [0.3, 0.4) is 0 Å². The van der Waals surface area contributed by atoms with E-state index in [2.05, 4.69) is 0 Å². The van der Waals surface area contributed by atoms with Crippen molar-refractivity contribution >= 4 is 17.7 Å². The van der Waals surface area contributed by atoms with Crippen molar-refractivity contribution in [2.24, 2.45) is 0 Å². The Morgan fingerprint density at radius 3 is 2.50 bits per heavy atom. The third-order valence-electron chi connectivity index (χ3n) is 4.81. The molecule has 2 aromatic carbocycles. The summed E-state index contributed by atoms with van der Waals surface area (Å²) in [7, 11) is 0. The molecule has 0 bridgehead atoms. The lowest BCUT2D eigenvalue weighted by Crippen LogP contribution is -2.45. The smallest absolute Gasteiger partial charge is 0.407 e. The average molecular weight is 406 g/mol. The van der Waals surface area contributed by atoms with Gasteiger partial charge in [0.25, 0.3) is 0 Å². The maximum absolute atomic E-state index is 11.0. The summed E-state index contributed by atoms with van der Waals surface area (Å²) in [5, 5.41) is 19.9. The molecule has 1 amide bonds. The van der Waals surface area contributed by atoms with Gasteiger partial charge in [0.1, 0.15) is 11.5 Å². The third-order valence-corrected chi connectivity index (χ3v) is 5.12. The Hall–Kier alpha value is -2.44. The Balaban J connectivity index is 1.42. The number of hydrogen-bond donors (Lipinski definition) is 2. The second-order valence-electron chi connectivity index (χ2n) is 6.74. The van der Waals surface area contributed by atoms with Crippen LogP contribution in [0.15, 0.2) is 48.5 Å². The zero-order valence-corrected chi connectivity index (χ0v) is 16.2. The number of aliphatic hydroxyl groups is 1. The van der Waals surface area contributed by atoms with Crippen LogP contribution in [0.2, 0.25) is 5.02 Å². The Bertz CT molecular complexity index is 783. The van der Waals surface area contributed by atoms with E-state index in [9.17, 15) is 9.90 Å². The van der Waals surface area contributed by atoms with E-state index in [0.717, 1.165) is 17.7 Å². The molecule has 0 radical (unpaired) electrons. The van der Waals surface area contributed by atoms with Gasteiger partial charge in [-0.1, -0.05) is 35.9 Å². The summed E-state index contributed by atoms with van der Waals surface area (Å²) in [5.74, 6) is 1.36. The highest BCUT2D eigenvalue weighted by Gasteiger charge is 2.30. The van der Waals surface area contributed by atoms with Crippen LogP contribution < -0.4 is 9.47 Å². The molecule has 7 heteroatoms. The monoisotopic (exact) mass is 405 g/mol. The highest BCUT2D eigenvalue weighted by atomic mass is 35.5. The van der Waals surface area contributed by atoms with Crippen molar-refractivity contribution in [1.29, 1.82) is 0 Å². The van der Waals surface area contributed by atoms with Crippen LogP contribution in [0.1, 0.15) is 24.3 Å². The second-order valence-corrected chi connectivity index (χ2v) is 7.15. The van der Waals surface area contributed by atoms with Crippen LogP contribution in [-0.2, 0) is 0 Å². The molecule has 3 rings (SSSR count). The first-order valence-corrected chi connectivity index (χ1v) is 9.68. The minimum Gasteiger partial charge on any atom is -0.493 e. The molecule has 6 nitrogen and oxygen atoms in total. The summed E-state index contributed by atoms with van der Waals surface area (Å²) < 4.78 is 11.4. The van der Waals surface area contributed by atoms with Gasteiger partial charge in [-0.2, -0.15) is 0 Å². The molecule has 150 valence electrons. The molecule has 1 aliphatic heterocycles. The normalized spacial score (nSPS) is 19.3. The first kappa shape index (κ1) is 20.3. The molecule has 2 N–H and O–H groups in total. The van der Waals surface area contributed by atoms with Gasteiger partial charge in [-0.15, -0.1) is 0 Å². The predicted molar refractivity (Wildman–Crippen MR) is 106 cm³/mol. The number of benzene rings is 2. The summed E-state index contributed by atoms with van der Waals surface area (Å²) in [4.78, 5) is 12.3. The molecule has 2 aromatic rings. The summed E-state index contributed by atoms with van der Waals surface area (Å²) in [6, 6.07) is 15.0. The van der Waals surface area contributed by atoms with Gasteiger partial charge in [0, 0.05) is 18.9 Å². The lowest BCUT2D eigenvalue weighted by Gasteiger charge is -2.34. The summed E-state index contributed by atoms with van der Waals surface area (Å²) in [6.45, 7) is 1.60. The van der Waals surface area contributed by atoms with Crippen LogP contribution in [-0.4, -0.2) is 53.6 Å². The van der Waals surface area contributed by atoms with Gasteiger partial charge in [-0.3, -0.25) is 0 Å². The maximum Gasteiger partial charge on any atom is 0.407 e. The number of rotatable bonds is 7. The molecule has 0 aromatic heterocycles. The number of β-amino-alcohol motifs (C(OH)–C–C–N with tert-alkyl or cyclic N) is 1. The van der Waals surface area contributed by atoms with Crippen molar-refractivity contribution in [3.05, 3.63) is 59.1 Å². The zero-order chi connectivity index (χ0) is 19.9. The molecule has 1 saturated heterocycles. The standard InChI is InChI=1S/C21H24ClNO5/c22-18-4-1-2-5-20(18)28-13-3-12-27-16-8-6-15(7-9-16)17-10-11-23(21(25)26)14-19(17)24/h1-2,4-9,17,19,24H,3,10-14H2,(H,25,26). The molecule has 28 heavy (non-hydrogen) atoms. The van der Waals surface area contributed by atoms with Crippen molar-refractivity contribution in [3.8, 4) is 11.5 Å². The van der Waals surface area contributed by atoms with Gasteiger partial charge in [0.15, 0.2) is 0 Å². The van der Waals surface area contributed by atoms with E-state index >= 15 is 0 Å². The van der Waals surface area contributed by atoms with E-state index in [1.807, 2.05) is 42.5 Å². The average Bonchev–Trinajstić information content (AvgIpc) is 2.69. The Morgan fingerprint density at radius 1 is 1.11 bits per heavy atom. The van der Waals surface area contributed by atoms with E-state index in [0.29, 0.717) is 37.0 Å². The topological polar surface area (TPSA) is 79.2 Å². The van der Waals surface area contributed by atoms with Gasteiger partial charge in [-0.25, -0.2) is 4.79 Å². The van der Waals surface area contributed by atoms with Crippen LogP contribution in [0, 0.1) is 0 Å². The minimum atomic E-state index is -0.986. The second kappa shape index (κ2) is 9.66. The van der Waals surface area contributed by atoms with Gasteiger partial charge in [0.05, 0.1) is 30.9 Å². The van der Waals surface area contributed by atoms with Crippen LogP contribution in [0.5, 0.6) is 11.5 Å². The highest BCUT2D eigenvalue weighted by molar-refractivity contribution is 6.32. The SMILES string of the molecule is O=C(O)N1CCC(c2ccc(OCCCOc3ccccc3Cl)cc2)C(O)C1. The third kappa shape index (κ3) is 5.30. The number of amides is 1. The molecule has 1 fully saturated rings. The first-order valence-electron chi connectivity index (χ1n) is 9.30. The number of halogens is 1.